The van der Waals surface area contributed by atoms with E-state index in [0.29, 0.717) is 22.3 Å². The number of nitrogens with one attached hydrogen (secondary N) is 1. The number of carbonyl (C=O) groups is 1. The van der Waals surface area contributed by atoms with Gasteiger partial charge in [0.2, 0.25) is 5.89 Å². The minimum atomic E-state index is -0.243. The topological polar surface area (TPSA) is 94.0 Å². The van der Waals surface area contributed by atoms with Gasteiger partial charge in [-0.1, -0.05) is 21.1 Å². The molecule has 0 saturated heterocycles. The Morgan fingerprint density at radius 1 is 1.52 bits per heavy atom. The lowest BCUT2D eigenvalue weighted by Gasteiger charge is -2.01. The van der Waals surface area contributed by atoms with Gasteiger partial charge >= 0.3 is 0 Å². The number of hydrogen-bond acceptors (Lipinski definition) is 6. The van der Waals surface area contributed by atoms with Crippen LogP contribution in [0, 0.1) is 6.92 Å². The number of amides is 1. The maximum Gasteiger partial charge on any atom is 0.263 e. The van der Waals surface area contributed by atoms with Crippen LogP contribution in [0.25, 0.3) is 10.1 Å². The molecule has 0 bridgehead atoms. The molecule has 3 aromatic rings. The number of nitrogens with two attached hydrogens (primary N) is 1. The summed E-state index contributed by atoms with van der Waals surface area (Å²) in [6.07, 6.45) is 0. The summed E-state index contributed by atoms with van der Waals surface area (Å²) in [7, 11) is 0. The van der Waals surface area contributed by atoms with Gasteiger partial charge in [0.05, 0.1) is 12.2 Å². The third-order valence-electron chi connectivity index (χ3n) is 2.87. The summed E-state index contributed by atoms with van der Waals surface area (Å²) in [6.45, 7) is 1.90. The molecule has 2 aromatic heterocycles. The van der Waals surface area contributed by atoms with Crippen molar-refractivity contribution in [1.29, 1.82) is 0 Å². The molecule has 8 heteroatoms. The van der Waals surface area contributed by atoms with Crippen LogP contribution in [0.3, 0.4) is 0 Å². The van der Waals surface area contributed by atoms with E-state index in [1.807, 2.05) is 18.2 Å². The highest BCUT2D eigenvalue weighted by Gasteiger charge is 2.17. The van der Waals surface area contributed by atoms with E-state index in [-0.39, 0.29) is 12.5 Å². The van der Waals surface area contributed by atoms with Crippen molar-refractivity contribution < 1.29 is 9.32 Å². The standard InChI is InChI=1S/C13H11BrN4O2S/c1-6-17-10(18-20-6)5-16-13(19)12-11(15)8-4-7(14)2-3-9(8)21-12/h2-4H,5,15H2,1H3,(H,16,19). The highest BCUT2D eigenvalue weighted by Crippen LogP contribution is 2.35. The molecule has 0 saturated carbocycles. The summed E-state index contributed by atoms with van der Waals surface area (Å²) < 4.78 is 6.74. The van der Waals surface area contributed by atoms with Crippen LogP contribution in [-0.4, -0.2) is 16.0 Å². The number of anilines is 1. The van der Waals surface area contributed by atoms with Crippen molar-refractivity contribution in [2.24, 2.45) is 0 Å². The smallest absolute Gasteiger partial charge is 0.263 e. The number of aromatic nitrogens is 2. The van der Waals surface area contributed by atoms with Crippen molar-refractivity contribution in [2.45, 2.75) is 13.5 Å². The predicted octanol–water partition coefficient (Wildman–Crippen LogP) is 2.87. The minimum Gasteiger partial charge on any atom is -0.397 e. The van der Waals surface area contributed by atoms with E-state index >= 15 is 0 Å². The van der Waals surface area contributed by atoms with Gasteiger partial charge in [0.25, 0.3) is 5.91 Å². The van der Waals surface area contributed by atoms with E-state index in [2.05, 4.69) is 31.4 Å². The molecule has 0 unspecified atom stereocenters. The van der Waals surface area contributed by atoms with Gasteiger partial charge in [-0.3, -0.25) is 4.79 Å². The van der Waals surface area contributed by atoms with Crippen LogP contribution in [0.1, 0.15) is 21.4 Å². The lowest BCUT2D eigenvalue weighted by atomic mass is 10.2. The molecule has 6 nitrogen and oxygen atoms in total. The van der Waals surface area contributed by atoms with Crippen molar-refractivity contribution in [3.63, 3.8) is 0 Å². The Kier molecular flexibility index (Phi) is 3.64. The number of nitrogens with zero attached hydrogens (tertiary/aromatic N) is 2. The maximum atomic E-state index is 12.2. The second-order valence-corrected chi connectivity index (χ2v) is 6.37. The fourth-order valence-corrected chi connectivity index (χ4v) is 3.29. The van der Waals surface area contributed by atoms with Crippen LogP contribution in [0.4, 0.5) is 5.69 Å². The second-order valence-electron chi connectivity index (χ2n) is 4.40. The SMILES string of the molecule is Cc1nc(CNC(=O)c2sc3ccc(Br)cc3c2N)no1. The van der Waals surface area contributed by atoms with Crippen LogP contribution in [0.15, 0.2) is 27.2 Å². The number of halogens is 1. The highest BCUT2D eigenvalue weighted by atomic mass is 79.9. The van der Waals surface area contributed by atoms with Gasteiger partial charge in [-0.05, 0) is 18.2 Å². The summed E-state index contributed by atoms with van der Waals surface area (Å²) in [5, 5.41) is 7.33. The van der Waals surface area contributed by atoms with Crippen LogP contribution in [0.5, 0.6) is 0 Å². The zero-order valence-electron chi connectivity index (χ0n) is 11.0. The molecule has 0 fully saturated rings. The Labute approximate surface area is 132 Å². The first-order chi connectivity index (χ1) is 10.0. The van der Waals surface area contributed by atoms with Crippen molar-refractivity contribution in [3.8, 4) is 0 Å². The Morgan fingerprint density at radius 3 is 3.05 bits per heavy atom. The number of carbonyl (C=O) groups excluding carboxylic acids is 1. The van der Waals surface area contributed by atoms with Crippen molar-refractivity contribution in [2.75, 3.05) is 5.73 Å². The molecule has 0 atom stereocenters. The fourth-order valence-electron chi connectivity index (χ4n) is 1.91. The number of hydrogen-bond donors (Lipinski definition) is 2. The summed E-state index contributed by atoms with van der Waals surface area (Å²) in [5.41, 5.74) is 6.55. The minimum absolute atomic E-state index is 0.202. The lowest BCUT2D eigenvalue weighted by Crippen LogP contribution is -2.23. The molecule has 1 amide bonds. The molecule has 3 rings (SSSR count). The Morgan fingerprint density at radius 2 is 2.33 bits per heavy atom. The second kappa shape index (κ2) is 5.45. The summed E-state index contributed by atoms with van der Waals surface area (Å²) >= 11 is 4.76. The van der Waals surface area contributed by atoms with Crippen molar-refractivity contribution in [1.82, 2.24) is 15.5 Å². The fraction of sp³-hybridized carbons (Fsp3) is 0.154. The summed E-state index contributed by atoms with van der Waals surface area (Å²) in [6, 6.07) is 5.75. The molecule has 1 aromatic carbocycles. The van der Waals surface area contributed by atoms with Crippen LogP contribution >= 0.6 is 27.3 Å². The molecule has 0 aliphatic rings. The molecular formula is C13H11BrN4O2S. The van der Waals surface area contributed by atoms with Gasteiger partial charge in [0.1, 0.15) is 4.88 Å². The van der Waals surface area contributed by atoms with Crippen LogP contribution in [0.2, 0.25) is 0 Å². The first-order valence-corrected chi connectivity index (χ1v) is 7.70. The summed E-state index contributed by atoms with van der Waals surface area (Å²) in [5.74, 6) is 0.654. The molecular weight excluding hydrogens is 356 g/mol. The first-order valence-electron chi connectivity index (χ1n) is 6.09. The van der Waals surface area contributed by atoms with Crippen molar-refractivity contribution >= 4 is 48.9 Å². The van der Waals surface area contributed by atoms with Gasteiger partial charge in [0.15, 0.2) is 5.82 Å². The third-order valence-corrected chi connectivity index (χ3v) is 4.55. The van der Waals surface area contributed by atoms with E-state index in [0.717, 1.165) is 14.6 Å². The van der Waals surface area contributed by atoms with E-state index in [1.165, 1.54) is 11.3 Å². The predicted molar refractivity (Wildman–Crippen MR) is 84.1 cm³/mol. The van der Waals surface area contributed by atoms with Gasteiger partial charge in [-0.15, -0.1) is 11.3 Å². The largest absolute Gasteiger partial charge is 0.397 e. The van der Waals surface area contributed by atoms with Gasteiger partial charge < -0.3 is 15.6 Å². The van der Waals surface area contributed by atoms with Gasteiger partial charge in [-0.2, -0.15) is 4.98 Å². The average molecular weight is 367 g/mol. The lowest BCUT2D eigenvalue weighted by molar-refractivity contribution is 0.0954. The Balaban J connectivity index is 1.82. The van der Waals surface area contributed by atoms with Crippen LogP contribution < -0.4 is 11.1 Å². The molecule has 0 aliphatic heterocycles. The number of rotatable bonds is 3. The third kappa shape index (κ3) is 2.77. The number of aryl methyl sites for hydroxylation is 1. The first kappa shape index (κ1) is 14.0. The monoisotopic (exact) mass is 366 g/mol. The van der Waals surface area contributed by atoms with E-state index in [1.54, 1.807) is 6.92 Å². The molecule has 0 radical (unpaired) electrons. The van der Waals surface area contributed by atoms with E-state index in [9.17, 15) is 4.79 Å². The molecule has 21 heavy (non-hydrogen) atoms. The zero-order chi connectivity index (χ0) is 15.0. The number of thiophene rings is 1. The average Bonchev–Trinajstić information content (AvgIpc) is 3.01. The quantitative estimate of drug-likeness (QED) is 0.742. The van der Waals surface area contributed by atoms with E-state index < -0.39 is 0 Å². The molecule has 0 spiro atoms. The number of benzene rings is 1. The molecule has 3 N–H and O–H groups in total. The Bertz CT molecular complexity index is 827. The molecule has 108 valence electrons. The molecule has 2 heterocycles. The Hall–Kier alpha value is -1.93. The zero-order valence-corrected chi connectivity index (χ0v) is 13.4. The number of fused-ring (bicyclic) bond motifs is 1. The normalized spacial score (nSPS) is 11.0. The van der Waals surface area contributed by atoms with Crippen molar-refractivity contribution in [3.05, 3.63) is 39.3 Å². The van der Waals surface area contributed by atoms with Gasteiger partial charge in [0, 0.05) is 21.5 Å². The van der Waals surface area contributed by atoms with Crippen LogP contribution in [-0.2, 0) is 6.54 Å². The molecule has 0 aliphatic carbocycles. The number of nitrogen functional groups attached to an aromatic ring is 1. The maximum absolute atomic E-state index is 12.2. The van der Waals surface area contributed by atoms with Gasteiger partial charge in [-0.25, -0.2) is 0 Å². The highest BCUT2D eigenvalue weighted by molar-refractivity contribution is 9.10. The van der Waals surface area contributed by atoms with E-state index in [4.69, 9.17) is 10.3 Å². The summed E-state index contributed by atoms with van der Waals surface area (Å²) in [4.78, 5) is 16.7.